The molecular formula is C18H17ClF3N3O. The van der Waals surface area contributed by atoms with Crippen LogP contribution in [0.3, 0.4) is 0 Å². The molecule has 0 radical (unpaired) electrons. The first kappa shape index (κ1) is 18.5. The Kier molecular flexibility index (Phi) is 5.09. The summed E-state index contributed by atoms with van der Waals surface area (Å²) >= 11 is 6.24. The van der Waals surface area contributed by atoms with Crippen LogP contribution in [0.2, 0.25) is 5.02 Å². The van der Waals surface area contributed by atoms with E-state index in [0.717, 1.165) is 6.20 Å². The molecule has 0 aliphatic heterocycles. The Labute approximate surface area is 154 Å². The van der Waals surface area contributed by atoms with Crippen molar-refractivity contribution in [1.82, 2.24) is 10.3 Å². The van der Waals surface area contributed by atoms with E-state index < -0.39 is 29.7 Å². The van der Waals surface area contributed by atoms with Crippen molar-refractivity contribution in [2.75, 3.05) is 11.9 Å². The lowest BCUT2D eigenvalue weighted by atomic mass is 9.88. The topological polar surface area (TPSA) is 45.2 Å². The van der Waals surface area contributed by atoms with Gasteiger partial charge in [-0.15, -0.1) is 0 Å². The van der Waals surface area contributed by atoms with Gasteiger partial charge in [-0.1, -0.05) is 29.8 Å². The SMILES string of the molecule is CN(c1cncc(F)c1)[C@H](C(=O)NC1CC(F)(F)C1)c1ccccc1Cl. The molecule has 1 N–H and O–H groups in total. The van der Waals surface area contributed by atoms with Crippen LogP contribution in [0.4, 0.5) is 18.9 Å². The number of benzene rings is 1. The maximum absolute atomic E-state index is 13.5. The highest BCUT2D eigenvalue weighted by molar-refractivity contribution is 6.31. The Balaban J connectivity index is 1.89. The van der Waals surface area contributed by atoms with Gasteiger partial charge in [-0.2, -0.15) is 0 Å². The normalized spacial score (nSPS) is 17.3. The molecule has 1 aliphatic rings. The van der Waals surface area contributed by atoms with Gasteiger partial charge in [0.2, 0.25) is 5.91 Å². The smallest absolute Gasteiger partial charge is 0.252 e. The summed E-state index contributed by atoms with van der Waals surface area (Å²) in [6, 6.07) is 6.47. The number of amides is 1. The minimum atomic E-state index is -2.74. The van der Waals surface area contributed by atoms with Crippen molar-refractivity contribution in [3.05, 3.63) is 59.1 Å². The molecule has 1 heterocycles. The summed E-state index contributed by atoms with van der Waals surface area (Å²) in [5.41, 5.74) is 0.855. The first-order chi connectivity index (χ1) is 12.3. The second-order valence-electron chi connectivity index (χ2n) is 6.37. The third-order valence-electron chi connectivity index (χ3n) is 4.37. The lowest BCUT2D eigenvalue weighted by Crippen LogP contribution is -2.53. The van der Waals surface area contributed by atoms with Gasteiger partial charge in [0.1, 0.15) is 11.9 Å². The average Bonchev–Trinajstić information content (AvgIpc) is 2.55. The van der Waals surface area contributed by atoms with Crippen molar-refractivity contribution in [2.45, 2.75) is 30.8 Å². The van der Waals surface area contributed by atoms with E-state index >= 15 is 0 Å². The molecule has 1 aliphatic carbocycles. The summed E-state index contributed by atoms with van der Waals surface area (Å²) in [5, 5.41) is 2.98. The number of nitrogens with zero attached hydrogens (tertiary/aromatic N) is 2. The number of alkyl halides is 2. The van der Waals surface area contributed by atoms with Crippen LogP contribution in [0.5, 0.6) is 0 Å². The Bertz CT molecular complexity index is 810. The standard InChI is InChI=1S/C18H17ClF3N3O/c1-25(13-6-11(20)9-23-10-13)16(14-4-2-3-5-15(14)19)17(26)24-12-7-18(21,22)8-12/h2-6,9-10,12,16H,7-8H2,1H3,(H,24,26)/t16-/m0/s1. The van der Waals surface area contributed by atoms with E-state index in [1.165, 1.54) is 17.2 Å². The van der Waals surface area contributed by atoms with Crippen LogP contribution in [-0.2, 0) is 4.79 Å². The van der Waals surface area contributed by atoms with Crippen LogP contribution in [0.15, 0.2) is 42.7 Å². The van der Waals surface area contributed by atoms with Gasteiger partial charge in [0.25, 0.3) is 5.92 Å². The Morgan fingerprint density at radius 1 is 1.35 bits per heavy atom. The zero-order chi connectivity index (χ0) is 18.9. The van der Waals surface area contributed by atoms with Crippen LogP contribution >= 0.6 is 11.6 Å². The maximum atomic E-state index is 13.5. The zero-order valence-corrected chi connectivity index (χ0v) is 14.7. The average molecular weight is 384 g/mol. The summed E-state index contributed by atoms with van der Waals surface area (Å²) in [6.07, 6.45) is 1.69. The number of nitrogens with one attached hydrogen (secondary N) is 1. The largest absolute Gasteiger partial charge is 0.358 e. The van der Waals surface area contributed by atoms with Crippen LogP contribution in [0, 0.1) is 5.82 Å². The second-order valence-corrected chi connectivity index (χ2v) is 6.77. The van der Waals surface area contributed by atoms with Crippen LogP contribution in [0.1, 0.15) is 24.4 Å². The molecule has 0 spiro atoms. The number of pyridine rings is 1. The van der Waals surface area contributed by atoms with Crippen LogP contribution in [-0.4, -0.2) is 29.9 Å². The number of hydrogen-bond donors (Lipinski definition) is 1. The monoisotopic (exact) mass is 383 g/mol. The zero-order valence-electron chi connectivity index (χ0n) is 13.9. The molecule has 1 amide bonds. The highest BCUT2D eigenvalue weighted by Gasteiger charge is 2.46. The molecule has 1 atom stereocenters. The summed E-state index contributed by atoms with van der Waals surface area (Å²) in [4.78, 5) is 18.1. The van der Waals surface area contributed by atoms with Crippen molar-refractivity contribution < 1.29 is 18.0 Å². The number of carbonyl (C=O) groups excluding carboxylic acids is 1. The minimum absolute atomic E-state index is 0.350. The van der Waals surface area contributed by atoms with Crippen LogP contribution in [0.25, 0.3) is 0 Å². The summed E-state index contributed by atoms with van der Waals surface area (Å²) < 4.78 is 39.7. The number of likely N-dealkylation sites (N-methyl/N-ethyl adjacent to an activating group) is 1. The number of hydrogen-bond acceptors (Lipinski definition) is 3. The third-order valence-corrected chi connectivity index (χ3v) is 4.71. The molecule has 8 heteroatoms. The second kappa shape index (κ2) is 7.15. The lowest BCUT2D eigenvalue weighted by molar-refractivity contribution is -0.130. The molecule has 1 saturated carbocycles. The molecule has 4 nitrogen and oxygen atoms in total. The number of aromatic nitrogens is 1. The number of carbonyl (C=O) groups is 1. The van der Waals surface area contributed by atoms with Gasteiger partial charge in [-0.3, -0.25) is 9.78 Å². The van der Waals surface area contributed by atoms with Crippen molar-refractivity contribution >= 4 is 23.2 Å². The van der Waals surface area contributed by atoms with Crippen LogP contribution < -0.4 is 10.2 Å². The number of rotatable bonds is 5. The summed E-state index contributed by atoms with van der Waals surface area (Å²) in [5.74, 6) is -3.77. The highest BCUT2D eigenvalue weighted by Crippen LogP contribution is 2.38. The maximum Gasteiger partial charge on any atom is 0.252 e. The van der Waals surface area contributed by atoms with Gasteiger partial charge in [-0.05, 0) is 6.07 Å². The van der Waals surface area contributed by atoms with Gasteiger partial charge in [-0.25, -0.2) is 13.2 Å². The van der Waals surface area contributed by atoms with Crippen molar-refractivity contribution in [3.8, 4) is 0 Å². The van der Waals surface area contributed by atoms with Crippen molar-refractivity contribution in [3.63, 3.8) is 0 Å². The van der Waals surface area contributed by atoms with Gasteiger partial charge in [0.05, 0.1) is 18.1 Å². The molecule has 138 valence electrons. The molecular weight excluding hydrogens is 367 g/mol. The quantitative estimate of drug-likeness (QED) is 0.849. The van der Waals surface area contributed by atoms with Gasteiger partial charge < -0.3 is 10.2 Å². The molecule has 1 aromatic carbocycles. The van der Waals surface area contributed by atoms with E-state index in [4.69, 9.17) is 11.6 Å². The summed E-state index contributed by atoms with van der Waals surface area (Å²) in [7, 11) is 1.60. The number of anilines is 1. The first-order valence-electron chi connectivity index (χ1n) is 8.03. The van der Waals surface area contributed by atoms with Crippen molar-refractivity contribution in [1.29, 1.82) is 0 Å². The van der Waals surface area contributed by atoms with Gasteiger partial charge in [0, 0.05) is 42.6 Å². The molecule has 0 bridgehead atoms. The Hall–Kier alpha value is -2.28. The van der Waals surface area contributed by atoms with E-state index in [2.05, 4.69) is 10.3 Å². The third kappa shape index (κ3) is 3.93. The fourth-order valence-electron chi connectivity index (χ4n) is 3.01. The first-order valence-corrected chi connectivity index (χ1v) is 8.41. The highest BCUT2D eigenvalue weighted by atomic mass is 35.5. The van der Waals surface area contributed by atoms with E-state index in [-0.39, 0.29) is 12.8 Å². The lowest BCUT2D eigenvalue weighted by Gasteiger charge is -2.37. The number of halogens is 4. The Morgan fingerprint density at radius 2 is 2.04 bits per heavy atom. The summed E-state index contributed by atoms with van der Waals surface area (Å²) in [6.45, 7) is 0. The van der Waals surface area contributed by atoms with E-state index in [1.807, 2.05) is 0 Å². The predicted molar refractivity (Wildman–Crippen MR) is 92.9 cm³/mol. The van der Waals surface area contributed by atoms with Gasteiger partial charge >= 0.3 is 0 Å². The van der Waals surface area contributed by atoms with Gasteiger partial charge in [0.15, 0.2) is 0 Å². The fourth-order valence-corrected chi connectivity index (χ4v) is 3.25. The fraction of sp³-hybridized carbons (Fsp3) is 0.333. The molecule has 26 heavy (non-hydrogen) atoms. The predicted octanol–water partition coefficient (Wildman–Crippen LogP) is 3.97. The molecule has 1 aromatic heterocycles. The Morgan fingerprint density at radius 3 is 2.65 bits per heavy atom. The van der Waals surface area contributed by atoms with Crippen molar-refractivity contribution in [2.24, 2.45) is 0 Å². The van der Waals surface area contributed by atoms with E-state index in [0.29, 0.717) is 16.3 Å². The molecule has 3 rings (SSSR count). The molecule has 0 saturated heterocycles. The van der Waals surface area contributed by atoms with E-state index in [9.17, 15) is 18.0 Å². The minimum Gasteiger partial charge on any atom is -0.358 e. The molecule has 0 unspecified atom stereocenters. The molecule has 2 aromatic rings. The van der Waals surface area contributed by atoms with E-state index in [1.54, 1.807) is 31.3 Å². The molecule has 1 fully saturated rings.